The minimum atomic E-state index is -3.54. The van der Waals surface area contributed by atoms with E-state index in [1.807, 2.05) is 0 Å². The van der Waals surface area contributed by atoms with Gasteiger partial charge in [0.2, 0.25) is 10.0 Å². The molecule has 2 rings (SSSR count). The van der Waals surface area contributed by atoms with Crippen molar-refractivity contribution in [3.05, 3.63) is 0 Å². The smallest absolute Gasteiger partial charge is 0.209 e. The molecule has 0 saturated carbocycles. The van der Waals surface area contributed by atoms with Gasteiger partial charge in [0.15, 0.2) is 6.29 Å². The predicted octanol–water partition coefficient (Wildman–Crippen LogP) is -3.29. The zero-order chi connectivity index (χ0) is 12.8. The lowest BCUT2D eigenvalue weighted by molar-refractivity contribution is -0.217. The molecule has 1 unspecified atom stereocenters. The molecule has 2 bridgehead atoms. The Morgan fingerprint density at radius 3 is 2.71 bits per heavy atom. The molecule has 8 nitrogen and oxygen atoms in total. The van der Waals surface area contributed by atoms with Crippen LogP contribution in [0.5, 0.6) is 0 Å². The highest BCUT2D eigenvalue weighted by Gasteiger charge is 2.58. The van der Waals surface area contributed by atoms with Crippen molar-refractivity contribution in [3.8, 4) is 0 Å². The summed E-state index contributed by atoms with van der Waals surface area (Å²) < 4.78 is 35.1. The fourth-order valence-electron chi connectivity index (χ4n) is 2.12. The van der Waals surface area contributed by atoms with Crippen molar-refractivity contribution in [3.63, 3.8) is 0 Å². The van der Waals surface area contributed by atoms with E-state index in [0.29, 0.717) is 0 Å². The first-order valence-electron chi connectivity index (χ1n) is 5.12. The third-order valence-corrected chi connectivity index (χ3v) is 3.76. The molecule has 100 valence electrons. The van der Waals surface area contributed by atoms with E-state index >= 15 is 0 Å². The lowest BCUT2D eigenvalue weighted by Crippen LogP contribution is -2.67. The number of nitrogens with two attached hydrogens (primary N) is 1. The van der Waals surface area contributed by atoms with Gasteiger partial charge in [0, 0.05) is 6.54 Å². The van der Waals surface area contributed by atoms with Crippen molar-refractivity contribution < 1.29 is 28.1 Å². The molecule has 2 aliphatic heterocycles. The quantitative estimate of drug-likeness (QED) is 0.422. The van der Waals surface area contributed by atoms with Crippen LogP contribution in [-0.2, 0) is 19.5 Å². The van der Waals surface area contributed by atoms with Crippen LogP contribution in [0.2, 0.25) is 0 Å². The fraction of sp³-hybridized carbons (Fsp3) is 1.00. The zero-order valence-corrected chi connectivity index (χ0v) is 10.1. The van der Waals surface area contributed by atoms with Gasteiger partial charge >= 0.3 is 0 Å². The van der Waals surface area contributed by atoms with Crippen LogP contribution in [0, 0.1) is 0 Å². The zero-order valence-electron chi connectivity index (χ0n) is 9.24. The number of fused-ring (bicyclic) bond motifs is 2. The molecule has 5 N–H and O–H groups in total. The van der Waals surface area contributed by atoms with Crippen LogP contribution < -0.4 is 10.5 Å². The molecule has 0 aliphatic carbocycles. The molecule has 0 amide bonds. The third kappa shape index (κ3) is 2.19. The van der Waals surface area contributed by atoms with Gasteiger partial charge in [-0.3, -0.25) is 0 Å². The van der Waals surface area contributed by atoms with Gasteiger partial charge in [-0.25, -0.2) is 13.1 Å². The highest BCUT2D eigenvalue weighted by molar-refractivity contribution is 7.88. The van der Waals surface area contributed by atoms with Crippen LogP contribution in [0.1, 0.15) is 0 Å². The van der Waals surface area contributed by atoms with E-state index in [1.54, 1.807) is 0 Å². The Bertz CT molecular complexity index is 401. The number of hydrogen-bond acceptors (Lipinski definition) is 7. The maximum Gasteiger partial charge on any atom is 0.209 e. The van der Waals surface area contributed by atoms with Crippen LogP contribution in [0.15, 0.2) is 0 Å². The van der Waals surface area contributed by atoms with Gasteiger partial charge in [-0.1, -0.05) is 0 Å². The Labute approximate surface area is 98.7 Å². The molecule has 9 heteroatoms. The summed E-state index contributed by atoms with van der Waals surface area (Å²) in [7, 11) is -3.54. The first-order valence-corrected chi connectivity index (χ1v) is 7.01. The van der Waals surface area contributed by atoms with Crippen molar-refractivity contribution >= 4 is 10.0 Å². The number of aliphatic hydroxyl groups excluding tert-OH is 2. The second kappa shape index (κ2) is 4.12. The van der Waals surface area contributed by atoms with Crippen LogP contribution in [0.3, 0.4) is 0 Å². The molecule has 0 aromatic heterocycles. The van der Waals surface area contributed by atoms with Crippen LogP contribution >= 0.6 is 0 Å². The van der Waals surface area contributed by atoms with Gasteiger partial charge in [0.05, 0.1) is 12.9 Å². The molecule has 0 radical (unpaired) electrons. The van der Waals surface area contributed by atoms with Crippen molar-refractivity contribution in [2.45, 2.75) is 30.1 Å². The Morgan fingerprint density at radius 1 is 1.53 bits per heavy atom. The summed E-state index contributed by atoms with van der Waals surface area (Å²) in [5.41, 5.74) is 4.33. The molecule has 2 heterocycles. The van der Waals surface area contributed by atoms with E-state index in [2.05, 4.69) is 4.72 Å². The first-order chi connectivity index (χ1) is 7.79. The number of aliphatic hydroxyl groups is 2. The molecular formula is C8H16N2O6S. The van der Waals surface area contributed by atoms with Crippen molar-refractivity contribution in [1.82, 2.24) is 4.72 Å². The van der Waals surface area contributed by atoms with Gasteiger partial charge in [0.1, 0.15) is 23.9 Å². The summed E-state index contributed by atoms with van der Waals surface area (Å²) >= 11 is 0. The van der Waals surface area contributed by atoms with E-state index in [4.69, 9.17) is 15.2 Å². The summed E-state index contributed by atoms with van der Waals surface area (Å²) in [5, 5.41) is 19.8. The molecule has 2 fully saturated rings. The number of ether oxygens (including phenoxy) is 2. The Hall–Kier alpha value is -0.290. The molecule has 2 saturated heterocycles. The number of nitrogens with one attached hydrogen (secondary N) is 1. The van der Waals surface area contributed by atoms with Crippen molar-refractivity contribution in [1.29, 1.82) is 0 Å². The summed E-state index contributed by atoms with van der Waals surface area (Å²) in [5.74, 6) is 0. The normalized spacial score (nSPS) is 46.1. The predicted molar refractivity (Wildman–Crippen MR) is 56.4 cm³/mol. The van der Waals surface area contributed by atoms with Crippen LogP contribution in [0.25, 0.3) is 0 Å². The fourth-order valence-corrected chi connectivity index (χ4v) is 2.87. The lowest BCUT2D eigenvalue weighted by atomic mass is 9.88. The number of sulfonamides is 1. The molecule has 0 aromatic carbocycles. The first kappa shape index (κ1) is 13.1. The summed E-state index contributed by atoms with van der Waals surface area (Å²) in [6.45, 7) is 0.00164. The molecule has 0 aromatic rings. The minimum Gasteiger partial charge on any atom is -0.388 e. The topological polar surface area (TPSA) is 131 Å². The van der Waals surface area contributed by atoms with Crippen LogP contribution in [0.4, 0.5) is 0 Å². The van der Waals surface area contributed by atoms with Gasteiger partial charge in [-0.2, -0.15) is 0 Å². The summed E-state index contributed by atoms with van der Waals surface area (Å²) in [6.07, 6.45) is -2.61. The molecule has 2 aliphatic rings. The van der Waals surface area contributed by atoms with E-state index in [-0.39, 0.29) is 13.2 Å². The maximum atomic E-state index is 11.1. The SMILES string of the molecule is CS(=O)(=O)N[C@H]1C2OC[C@](CN)(O2)[C@H](O)[C@@H]1O. The van der Waals surface area contributed by atoms with Crippen molar-refractivity contribution in [2.75, 3.05) is 19.4 Å². The standard InChI is InChI=1S/C8H16N2O6S/c1-17(13,14)10-4-5(11)6(12)8(2-9)3-15-7(4)16-8/h4-7,10-12H,2-3,9H2,1H3/t4-,5-,6-,7?,8+/m1/s1. The Morgan fingerprint density at radius 2 is 2.18 bits per heavy atom. The highest BCUT2D eigenvalue weighted by atomic mass is 32.2. The number of hydrogen-bond donors (Lipinski definition) is 4. The van der Waals surface area contributed by atoms with E-state index < -0.39 is 40.2 Å². The van der Waals surface area contributed by atoms with Gasteiger partial charge in [-0.15, -0.1) is 0 Å². The molecule has 0 spiro atoms. The van der Waals surface area contributed by atoms with Crippen molar-refractivity contribution in [2.24, 2.45) is 5.73 Å². The van der Waals surface area contributed by atoms with Crippen LogP contribution in [-0.4, -0.2) is 68.2 Å². The third-order valence-electron chi connectivity index (χ3n) is 3.06. The maximum absolute atomic E-state index is 11.1. The second-order valence-electron chi connectivity index (χ2n) is 4.42. The second-order valence-corrected chi connectivity index (χ2v) is 6.20. The average Bonchev–Trinajstić information content (AvgIpc) is 2.64. The number of rotatable bonds is 3. The van der Waals surface area contributed by atoms with Gasteiger partial charge < -0.3 is 25.4 Å². The van der Waals surface area contributed by atoms with E-state index in [1.165, 1.54) is 0 Å². The average molecular weight is 268 g/mol. The summed E-state index contributed by atoms with van der Waals surface area (Å²) in [4.78, 5) is 0. The monoisotopic (exact) mass is 268 g/mol. The molecule has 17 heavy (non-hydrogen) atoms. The lowest BCUT2D eigenvalue weighted by Gasteiger charge is -2.42. The van der Waals surface area contributed by atoms with Gasteiger partial charge in [-0.05, 0) is 0 Å². The molecular weight excluding hydrogens is 252 g/mol. The van der Waals surface area contributed by atoms with E-state index in [9.17, 15) is 18.6 Å². The molecule has 5 atom stereocenters. The van der Waals surface area contributed by atoms with Gasteiger partial charge in [0.25, 0.3) is 0 Å². The Balaban J connectivity index is 2.23. The highest BCUT2D eigenvalue weighted by Crippen LogP contribution is 2.36. The van der Waals surface area contributed by atoms with E-state index in [0.717, 1.165) is 6.26 Å². The largest absolute Gasteiger partial charge is 0.388 e. The minimum absolute atomic E-state index is 0.0205. The summed E-state index contributed by atoms with van der Waals surface area (Å²) in [6, 6.07) is -1.04. The Kier molecular flexibility index (Phi) is 3.19.